The van der Waals surface area contributed by atoms with Crippen LogP contribution in [0, 0.1) is 0 Å². The predicted molar refractivity (Wildman–Crippen MR) is 88.4 cm³/mol. The van der Waals surface area contributed by atoms with Crippen LogP contribution in [0.3, 0.4) is 0 Å². The van der Waals surface area contributed by atoms with Gasteiger partial charge in [-0.05, 0) is 35.9 Å². The Morgan fingerprint density at radius 2 is 1.85 bits per heavy atom. The number of halogens is 3. The molecule has 0 unspecified atom stereocenters. The number of hydrogen-bond acceptors (Lipinski definition) is 4. The van der Waals surface area contributed by atoms with E-state index in [1.54, 1.807) is 12.3 Å². The molecule has 136 valence electrons. The van der Waals surface area contributed by atoms with Crippen molar-refractivity contribution in [1.82, 2.24) is 10.4 Å². The Kier molecular flexibility index (Phi) is 4.87. The molecule has 0 bridgehead atoms. The molecule has 0 radical (unpaired) electrons. The van der Waals surface area contributed by atoms with Crippen molar-refractivity contribution >= 4 is 22.7 Å². The van der Waals surface area contributed by atoms with Crippen molar-refractivity contribution in [3.8, 4) is 5.75 Å². The molecule has 1 aromatic heterocycles. The van der Waals surface area contributed by atoms with Crippen molar-refractivity contribution in [1.29, 1.82) is 0 Å². The van der Waals surface area contributed by atoms with Crippen LogP contribution in [0.1, 0.15) is 5.56 Å². The third-order valence-electron chi connectivity index (χ3n) is 3.42. The number of carbonyl (C=O) groups excluding carboxylic acids is 1. The number of hydrazine groups is 1. The van der Waals surface area contributed by atoms with Crippen LogP contribution < -0.4 is 15.6 Å². The summed E-state index contributed by atoms with van der Waals surface area (Å²) in [4.78, 5) is 14.8. The highest BCUT2D eigenvalue weighted by Crippen LogP contribution is 2.23. The van der Waals surface area contributed by atoms with E-state index in [2.05, 4.69) is 20.6 Å². The summed E-state index contributed by atoms with van der Waals surface area (Å²) in [6, 6.07) is 12.4. The van der Waals surface area contributed by atoms with Gasteiger partial charge in [-0.1, -0.05) is 18.2 Å². The third kappa shape index (κ3) is 4.59. The Balaban J connectivity index is 1.49. The van der Waals surface area contributed by atoms with Crippen molar-refractivity contribution in [2.75, 3.05) is 5.43 Å². The molecular weight excluding hydrogens is 351 g/mol. The minimum Gasteiger partial charge on any atom is -0.443 e. The molecule has 0 aliphatic heterocycles. The van der Waals surface area contributed by atoms with Gasteiger partial charge < -0.3 is 14.5 Å². The number of amides is 1. The van der Waals surface area contributed by atoms with E-state index in [1.165, 1.54) is 12.1 Å². The maximum atomic E-state index is 12.1. The molecule has 0 aliphatic rings. The van der Waals surface area contributed by atoms with Crippen molar-refractivity contribution in [2.45, 2.75) is 13.0 Å². The Hall–Kier alpha value is -3.36. The molecule has 3 rings (SSSR count). The number of nitrogens with one attached hydrogen (secondary N) is 3. The lowest BCUT2D eigenvalue weighted by Gasteiger charge is -2.11. The Labute approximate surface area is 145 Å². The molecule has 9 heteroatoms. The SMILES string of the molecule is O=C(NNc1cccc2[nH]ccc12)OCc1ccc(OC(F)(F)F)cc1. The number of H-pyrrole nitrogens is 1. The molecule has 0 saturated heterocycles. The number of ether oxygens (including phenoxy) is 2. The molecular formula is C17H14F3N3O3. The maximum Gasteiger partial charge on any atom is 0.573 e. The number of aromatic amines is 1. The summed E-state index contributed by atoms with van der Waals surface area (Å²) in [5.74, 6) is -0.341. The molecule has 1 amide bonds. The maximum absolute atomic E-state index is 12.1. The van der Waals surface area contributed by atoms with Crippen LogP contribution in [0.15, 0.2) is 54.7 Å². The van der Waals surface area contributed by atoms with Crippen LogP contribution in [0.2, 0.25) is 0 Å². The van der Waals surface area contributed by atoms with E-state index in [9.17, 15) is 18.0 Å². The fourth-order valence-electron chi connectivity index (χ4n) is 2.29. The number of alkyl halides is 3. The molecule has 0 fully saturated rings. The highest BCUT2D eigenvalue weighted by atomic mass is 19.4. The minimum absolute atomic E-state index is 0.103. The summed E-state index contributed by atoms with van der Waals surface area (Å²) >= 11 is 0. The normalized spacial score (nSPS) is 11.2. The van der Waals surface area contributed by atoms with Gasteiger partial charge in [0.05, 0.1) is 5.69 Å². The second kappa shape index (κ2) is 7.26. The molecule has 0 aliphatic carbocycles. The zero-order valence-electron chi connectivity index (χ0n) is 13.3. The average Bonchev–Trinajstić information content (AvgIpc) is 3.07. The van der Waals surface area contributed by atoms with E-state index in [1.807, 2.05) is 18.2 Å². The molecule has 3 N–H and O–H groups in total. The lowest BCUT2D eigenvalue weighted by atomic mass is 10.2. The summed E-state index contributed by atoms with van der Waals surface area (Å²) in [6.07, 6.45) is -3.69. The van der Waals surface area contributed by atoms with Gasteiger partial charge in [0.25, 0.3) is 0 Å². The number of hydrogen-bond donors (Lipinski definition) is 3. The van der Waals surface area contributed by atoms with Crippen LogP contribution in [-0.2, 0) is 11.3 Å². The molecule has 2 aromatic carbocycles. The molecule has 0 atom stereocenters. The molecule has 3 aromatic rings. The first-order valence-electron chi connectivity index (χ1n) is 7.50. The Morgan fingerprint density at radius 1 is 1.08 bits per heavy atom. The van der Waals surface area contributed by atoms with Crippen molar-refractivity contribution in [3.05, 3.63) is 60.3 Å². The van der Waals surface area contributed by atoms with Gasteiger partial charge in [-0.25, -0.2) is 10.2 Å². The van der Waals surface area contributed by atoms with Crippen molar-refractivity contribution in [3.63, 3.8) is 0 Å². The lowest BCUT2D eigenvalue weighted by molar-refractivity contribution is -0.274. The number of fused-ring (bicyclic) bond motifs is 1. The standard InChI is InChI=1S/C17H14F3N3O3/c18-17(19,20)26-12-6-4-11(5-7-12)10-25-16(24)23-22-15-3-1-2-14-13(15)8-9-21-14/h1-9,21-22H,10H2,(H,23,24). The quantitative estimate of drug-likeness (QED) is 0.589. The monoisotopic (exact) mass is 365 g/mol. The van der Waals surface area contributed by atoms with Gasteiger partial charge in [0.2, 0.25) is 0 Å². The number of anilines is 1. The zero-order chi connectivity index (χ0) is 18.6. The molecule has 1 heterocycles. The first-order valence-corrected chi connectivity index (χ1v) is 7.50. The van der Waals surface area contributed by atoms with E-state index in [0.717, 1.165) is 23.0 Å². The van der Waals surface area contributed by atoms with E-state index < -0.39 is 12.5 Å². The van der Waals surface area contributed by atoms with Crippen molar-refractivity contribution < 1.29 is 27.4 Å². The van der Waals surface area contributed by atoms with Gasteiger partial charge >= 0.3 is 12.5 Å². The smallest absolute Gasteiger partial charge is 0.443 e. The Bertz CT molecular complexity index is 891. The number of carbonyl (C=O) groups is 1. The van der Waals surface area contributed by atoms with Crippen molar-refractivity contribution in [2.24, 2.45) is 0 Å². The summed E-state index contributed by atoms with van der Waals surface area (Å²) < 4.78 is 45.0. The van der Waals surface area contributed by atoms with E-state index >= 15 is 0 Å². The van der Waals surface area contributed by atoms with Gasteiger partial charge in [-0.15, -0.1) is 13.2 Å². The second-order valence-corrected chi connectivity index (χ2v) is 5.26. The number of aromatic nitrogens is 1. The number of benzene rings is 2. The molecule has 6 nitrogen and oxygen atoms in total. The van der Waals surface area contributed by atoms with Crippen LogP contribution in [0.4, 0.5) is 23.7 Å². The fraction of sp³-hybridized carbons (Fsp3) is 0.118. The lowest BCUT2D eigenvalue weighted by Crippen LogP contribution is -2.29. The topological polar surface area (TPSA) is 75.4 Å². The van der Waals surface area contributed by atoms with Crippen LogP contribution >= 0.6 is 0 Å². The van der Waals surface area contributed by atoms with E-state index in [-0.39, 0.29) is 12.4 Å². The first kappa shape index (κ1) is 17.5. The largest absolute Gasteiger partial charge is 0.573 e. The van der Waals surface area contributed by atoms with Gasteiger partial charge in [0.15, 0.2) is 0 Å². The summed E-state index contributed by atoms with van der Waals surface area (Å²) in [6.45, 7) is -0.103. The third-order valence-corrected chi connectivity index (χ3v) is 3.42. The van der Waals surface area contributed by atoms with Crippen LogP contribution in [-0.4, -0.2) is 17.4 Å². The van der Waals surface area contributed by atoms with E-state index in [4.69, 9.17) is 4.74 Å². The minimum atomic E-state index is -4.74. The average molecular weight is 365 g/mol. The zero-order valence-corrected chi connectivity index (χ0v) is 13.3. The van der Waals surface area contributed by atoms with Crippen LogP contribution in [0.25, 0.3) is 10.9 Å². The van der Waals surface area contributed by atoms with Gasteiger partial charge in [0.1, 0.15) is 12.4 Å². The molecule has 0 spiro atoms. The van der Waals surface area contributed by atoms with Crippen LogP contribution in [0.5, 0.6) is 5.75 Å². The predicted octanol–water partition coefficient (Wildman–Crippen LogP) is 4.32. The highest BCUT2D eigenvalue weighted by Gasteiger charge is 2.30. The summed E-state index contributed by atoms with van der Waals surface area (Å²) in [5.41, 5.74) is 7.26. The fourth-order valence-corrected chi connectivity index (χ4v) is 2.29. The first-order chi connectivity index (χ1) is 12.4. The molecule has 26 heavy (non-hydrogen) atoms. The highest BCUT2D eigenvalue weighted by molar-refractivity contribution is 5.92. The number of rotatable bonds is 5. The second-order valence-electron chi connectivity index (χ2n) is 5.26. The van der Waals surface area contributed by atoms with Gasteiger partial charge in [-0.2, -0.15) is 0 Å². The molecule has 0 saturated carbocycles. The van der Waals surface area contributed by atoms with E-state index in [0.29, 0.717) is 11.3 Å². The van der Waals surface area contributed by atoms with Gasteiger partial charge in [0, 0.05) is 17.1 Å². The summed E-state index contributed by atoms with van der Waals surface area (Å²) in [5, 5.41) is 0.896. The Morgan fingerprint density at radius 3 is 2.58 bits per heavy atom. The summed E-state index contributed by atoms with van der Waals surface area (Å²) in [7, 11) is 0. The van der Waals surface area contributed by atoms with Gasteiger partial charge in [-0.3, -0.25) is 5.43 Å².